The fraction of sp³-hybridized carbons (Fsp3) is 0.182. The van der Waals surface area contributed by atoms with Crippen molar-refractivity contribution in [3.8, 4) is 5.82 Å². The topological polar surface area (TPSA) is 80.6 Å². The van der Waals surface area contributed by atoms with Gasteiger partial charge in [-0.3, -0.25) is 9.98 Å². The average molecular weight is 215 g/mol. The molecule has 0 amide bonds. The van der Waals surface area contributed by atoms with Crippen LogP contribution in [0.25, 0.3) is 5.82 Å². The number of aryl methyl sites for hydroxylation is 2. The molecule has 16 heavy (non-hydrogen) atoms. The number of hydrogen-bond donors (Lipinski definition) is 2. The van der Waals surface area contributed by atoms with E-state index in [2.05, 4.69) is 9.97 Å². The van der Waals surface area contributed by atoms with Gasteiger partial charge in [-0.2, -0.15) is 0 Å². The molecule has 0 aliphatic heterocycles. The van der Waals surface area contributed by atoms with Gasteiger partial charge in [0.05, 0.1) is 5.56 Å². The maximum atomic E-state index is 7.52. The van der Waals surface area contributed by atoms with Gasteiger partial charge in [0.15, 0.2) is 0 Å². The Hall–Kier alpha value is -2.17. The molecule has 0 aliphatic carbocycles. The van der Waals surface area contributed by atoms with Crippen LogP contribution in [0.15, 0.2) is 24.5 Å². The monoisotopic (exact) mass is 215 g/mol. The number of amidine groups is 1. The van der Waals surface area contributed by atoms with Crippen molar-refractivity contribution in [3.63, 3.8) is 0 Å². The Morgan fingerprint density at radius 3 is 2.69 bits per heavy atom. The van der Waals surface area contributed by atoms with Crippen molar-refractivity contribution in [1.82, 2.24) is 14.5 Å². The quantitative estimate of drug-likeness (QED) is 0.582. The highest BCUT2D eigenvalue weighted by Gasteiger charge is 2.10. The number of rotatable bonds is 2. The van der Waals surface area contributed by atoms with E-state index in [-0.39, 0.29) is 5.84 Å². The van der Waals surface area contributed by atoms with Crippen LogP contribution in [0.3, 0.4) is 0 Å². The fourth-order valence-corrected chi connectivity index (χ4v) is 1.54. The zero-order chi connectivity index (χ0) is 11.7. The summed E-state index contributed by atoms with van der Waals surface area (Å²) in [5.74, 6) is 1.48. The third-order valence-corrected chi connectivity index (χ3v) is 2.36. The molecule has 0 aromatic carbocycles. The molecule has 2 aromatic rings. The molecule has 82 valence electrons. The minimum absolute atomic E-state index is 0.00981. The molecule has 3 N–H and O–H groups in total. The van der Waals surface area contributed by atoms with E-state index in [9.17, 15) is 0 Å². The summed E-state index contributed by atoms with van der Waals surface area (Å²) < 4.78 is 1.82. The number of imidazole rings is 1. The normalized spacial score (nSPS) is 10.4. The second-order valence-electron chi connectivity index (χ2n) is 3.58. The van der Waals surface area contributed by atoms with Gasteiger partial charge in [-0.05, 0) is 26.0 Å². The van der Waals surface area contributed by atoms with Gasteiger partial charge in [0.25, 0.3) is 0 Å². The lowest BCUT2D eigenvalue weighted by molar-refractivity contribution is 0.918. The minimum Gasteiger partial charge on any atom is -0.384 e. The molecule has 0 atom stereocenters. The first-order chi connectivity index (χ1) is 7.59. The zero-order valence-electron chi connectivity index (χ0n) is 9.23. The van der Waals surface area contributed by atoms with Crippen LogP contribution < -0.4 is 5.73 Å². The van der Waals surface area contributed by atoms with Crippen molar-refractivity contribution in [3.05, 3.63) is 41.6 Å². The highest BCUT2D eigenvalue weighted by atomic mass is 15.1. The van der Waals surface area contributed by atoms with Crippen LogP contribution in [-0.2, 0) is 0 Å². The lowest BCUT2D eigenvalue weighted by atomic mass is 10.2. The maximum absolute atomic E-state index is 7.52. The lowest BCUT2D eigenvalue weighted by Gasteiger charge is -2.10. The fourth-order valence-electron chi connectivity index (χ4n) is 1.54. The van der Waals surface area contributed by atoms with Crippen LogP contribution in [-0.4, -0.2) is 20.4 Å². The van der Waals surface area contributed by atoms with Gasteiger partial charge in [-0.15, -0.1) is 0 Å². The Kier molecular flexibility index (Phi) is 2.44. The van der Waals surface area contributed by atoms with E-state index in [1.807, 2.05) is 30.7 Å². The third kappa shape index (κ3) is 1.67. The highest BCUT2D eigenvalue weighted by Crippen LogP contribution is 2.14. The first kappa shape index (κ1) is 10.4. The molecule has 2 heterocycles. The van der Waals surface area contributed by atoms with Crippen LogP contribution in [0.5, 0.6) is 0 Å². The number of nitrogens with two attached hydrogens (primary N) is 1. The zero-order valence-corrected chi connectivity index (χ0v) is 9.23. The SMILES string of the molecule is Cc1ccc(C(=N)N)c(-n2ccnc2C)n1. The Labute approximate surface area is 93.5 Å². The maximum Gasteiger partial charge on any atom is 0.149 e. The van der Waals surface area contributed by atoms with Gasteiger partial charge in [-0.25, -0.2) is 9.97 Å². The van der Waals surface area contributed by atoms with Crippen molar-refractivity contribution in [2.24, 2.45) is 5.73 Å². The van der Waals surface area contributed by atoms with E-state index < -0.39 is 0 Å². The summed E-state index contributed by atoms with van der Waals surface area (Å²) in [6.45, 7) is 3.79. The molecule has 5 heteroatoms. The van der Waals surface area contributed by atoms with Gasteiger partial charge in [0, 0.05) is 18.1 Å². The van der Waals surface area contributed by atoms with E-state index in [4.69, 9.17) is 11.1 Å². The smallest absolute Gasteiger partial charge is 0.149 e. The summed E-state index contributed by atoms with van der Waals surface area (Å²) in [5, 5.41) is 7.52. The molecule has 2 rings (SSSR count). The van der Waals surface area contributed by atoms with E-state index in [0.717, 1.165) is 11.5 Å². The standard InChI is InChI=1S/C11H13N5/c1-7-3-4-9(10(12)13)11(15-7)16-6-5-14-8(16)2/h3-6H,1-2H3,(H3,12,13). The van der Waals surface area contributed by atoms with Gasteiger partial charge >= 0.3 is 0 Å². The van der Waals surface area contributed by atoms with Crippen LogP contribution in [0.4, 0.5) is 0 Å². The molecule has 0 unspecified atom stereocenters. The molecule has 2 aromatic heterocycles. The summed E-state index contributed by atoms with van der Waals surface area (Å²) in [6.07, 6.45) is 3.51. The molecular formula is C11H13N5. The summed E-state index contributed by atoms with van der Waals surface area (Å²) in [5.41, 5.74) is 7.03. The first-order valence-corrected chi connectivity index (χ1v) is 4.92. The predicted molar refractivity (Wildman–Crippen MR) is 61.8 cm³/mol. The highest BCUT2D eigenvalue weighted by molar-refractivity contribution is 5.97. The van der Waals surface area contributed by atoms with E-state index in [0.29, 0.717) is 11.4 Å². The van der Waals surface area contributed by atoms with Crippen molar-refractivity contribution in [2.45, 2.75) is 13.8 Å². The van der Waals surface area contributed by atoms with Crippen molar-refractivity contribution in [2.75, 3.05) is 0 Å². The van der Waals surface area contributed by atoms with E-state index in [1.54, 1.807) is 12.3 Å². The molecule has 0 radical (unpaired) electrons. The third-order valence-electron chi connectivity index (χ3n) is 2.36. The van der Waals surface area contributed by atoms with Crippen molar-refractivity contribution < 1.29 is 0 Å². The molecule has 0 saturated heterocycles. The number of nitrogens with one attached hydrogen (secondary N) is 1. The number of aromatic nitrogens is 3. The van der Waals surface area contributed by atoms with E-state index >= 15 is 0 Å². The Morgan fingerprint density at radius 2 is 2.12 bits per heavy atom. The molecular weight excluding hydrogens is 202 g/mol. The van der Waals surface area contributed by atoms with Crippen molar-refractivity contribution in [1.29, 1.82) is 5.41 Å². The first-order valence-electron chi connectivity index (χ1n) is 4.92. The largest absolute Gasteiger partial charge is 0.384 e. The van der Waals surface area contributed by atoms with Gasteiger partial charge in [0.1, 0.15) is 17.5 Å². The summed E-state index contributed by atoms with van der Waals surface area (Å²) >= 11 is 0. The van der Waals surface area contributed by atoms with Crippen LogP contribution in [0, 0.1) is 19.3 Å². The van der Waals surface area contributed by atoms with Crippen LogP contribution in [0.1, 0.15) is 17.1 Å². The van der Waals surface area contributed by atoms with Gasteiger partial charge in [0.2, 0.25) is 0 Å². The molecule has 0 spiro atoms. The summed E-state index contributed by atoms with van der Waals surface area (Å²) in [7, 11) is 0. The molecule has 0 saturated carbocycles. The van der Waals surface area contributed by atoms with E-state index in [1.165, 1.54) is 0 Å². The molecule has 0 aliphatic rings. The molecule has 0 fully saturated rings. The Bertz CT molecular complexity index is 541. The second-order valence-corrected chi connectivity index (χ2v) is 3.58. The number of hydrogen-bond acceptors (Lipinski definition) is 3. The van der Waals surface area contributed by atoms with Crippen LogP contribution >= 0.6 is 0 Å². The average Bonchev–Trinajstić information content (AvgIpc) is 2.63. The number of nitrogen functional groups attached to an aromatic ring is 1. The van der Waals surface area contributed by atoms with Crippen LogP contribution in [0.2, 0.25) is 0 Å². The van der Waals surface area contributed by atoms with Crippen molar-refractivity contribution >= 4 is 5.84 Å². The summed E-state index contributed by atoms with van der Waals surface area (Å²) in [4.78, 5) is 8.53. The Morgan fingerprint density at radius 1 is 1.38 bits per heavy atom. The number of nitrogens with zero attached hydrogens (tertiary/aromatic N) is 3. The second kappa shape index (κ2) is 3.77. The van der Waals surface area contributed by atoms with Gasteiger partial charge in [-0.1, -0.05) is 0 Å². The lowest BCUT2D eigenvalue weighted by Crippen LogP contribution is -2.16. The summed E-state index contributed by atoms with van der Waals surface area (Å²) in [6, 6.07) is 3.64. The molecule has 5 nitrogen and oxygen atoms in total. The Balaban J connectivity index is 2.67. The predicted octanol–water partition coefficient (Wildman–Crippen LogP) is 1.17. The number of pyridine rings is 1. The van der Waals surface area contributed by atoms with Gasteiger partial charge < -0.3 is 5.73 Å². The molecule has 0 bridgehead atoms. The minimum atomic E-state index is 0.00981.